The molecule has 0 aliphatic carbocycles. The smallest absolute Gasteiger partial charge is 0.322 e. The number of aromatic nitrogens is 1. The highest BCUT2D eigenvalue weighted by atomic mass is 16.7. The van der Waals surface area contributed by atoms with Crippen molar-refractivity contribution in [1.82, 2.24) is 9.47 Å². The molecule has 2 aliphatic rings. The van der Waals surface area contributed by atoms with E-state index in [-0.39, 0.29) is 18.9 Å². The van der Waals surface area contributed by atoms with Crippen LogP contribution in [0.15, 0.2) is 66.9 Å². The van der Waals surface area contributed by atoms with E-state index >= 15 is 0 Å². The van der Waals surface area contributed by atoms with Crippen molar-refractivity contribution < 1.29 is 14.3 Å². The van der Waals surface area contributed by atoms with E-state index in [0.717, 1.165) is 17.8 Å². The molecule has 3 aromatic rings. The third-order valence-corrected chi connectivity index (χ3v) is 5.04. The monoisotopic (exact) mass is 361 g/mol. The minimum Gasteiger partial charge on any atom is -0.454 e. The Bertz CT molecular complexity index is 983. The molecule has 1 N–H and O–H groups in total. The maximum Gasteiger partial charge on any atom is 0.322 e. The Morgan fingerprint density at radius 3 is 2.70 bits per heavy atom. The first-order valence-corrected chi connectivity index (χ1v) is 8.97. The average Bonchev–Trinajstić information content (AvgIpc) is 3.36. The van der Waals surface area contributed by atoms with Crippen molar-refractivity contribution in [2.45, 2.75) is 12.6 Å². The van der Waals surface area contributed by atoms with E-state index in [1.807, 2.05) is 41.3 Å². The summed E-state index contributed by atoms with van der Waals surface area (Å²) in [5.74, 6) is 1.35. The molecule has 136 valence electrons. The molecule has 0 fully saturated rings. The van der Waals surface area contributed by atoms with Crippen LogP contribution < -0.4 is 14.8 Å². The number of hydrogen-bond acceptors (Lipinski definition) is 3. The number of nitrogens with zero attached hydrogens (tertiary/aromatic N) is 2. The van der Waals surface area contributed by atoms with Crippen LogP contribution in [-0.2, 0) is 6.54 Å². The Labute approximate surface area is 156 Å². The predicted octanol–water partition coefficient (Wildman–Crippen LogP) is 3.85. The Morgan fingerprint density at radius 2 is 1.81 bits per heavy atom. The molecule has 0 saturated carbocycles. The van der Waals surface area contributed by atoms with Crippen molar-refractivity contribution in [2.75, 3.05) is 18.7 Å². The second kappa shape index (κ2) is 6.39. The van der Waals surface area contributed by atoms with E-state index in [0.29, 0.717) is 23.7 Å². The second-order valence-electron chi connectivity index (χ2n) is 6.63. The fourth-order valence-corrected chi connectivity index (χ4v) is 3.76. The lowest BCUT2D eigenvalue weighted by molar-refractivity contribution is 0.174. The summed E-state index contributed by atoms with van der Waals surface area (Å²) in [6.45, 7) is 1.63. The SMILES string of the molecule is O=C(Nc1ccc2c(c1)OCO2)N1CCn2cccc2[C@H]1c1ccccc1. The quantitative estimate of drug-likeness (QED) is 0.754. The standard InChI is InChI=1S/C21H19N3O3/c25-21(22-16-8-9-18-19(13-16)27-14-26-18)24-12-11-23-10-4-7-17(23)20(24)15-5-2-1-3-6-15/h1-10,13,20H,11-12,14H2,(H,22,25)/t20-/m1/s1. The number of carbonyl (C=O) groups excluding carboxylic acids is 1. The molecule has 0 spiro atoms. The first-order chi connectivity index (χ1) is 13.3. The lowest BCUT2D eigenvalue weighted by atomic mass is 10.0. The van der Waals surface area contributed by atoms with Gasteiger partial charge in [-0.2, -0.15) is 0 Å². The van der Waals surface area contributed by atoms with Crippen molar-refractivity contribution in [2.24, 2.45) is 0 Å². The van der Waals surface area contributed by atoms with Gasteiger partial charge in [-0.25, -0.2) is 4.79 Å². The van der Waals surface area contributed by atoms with Crippen molar-refractivity contribution in [1.29, 1.82) is 0 Å². The van der Waals surface area contributed by atoms with E-state index < -0.39 is 0 Å². The molecule has 6 heteroatoms. The van der Waals surface area contributed by atoms with E-state index in [1.165, 1.54) is 0 Å². The van der Waals surface area contributed by atoms with Crippen molar-refractivity contribution >= 4 is 11.7 Å². The summed E-state index contributed by atoms with van der Waals surface area (Å²) in [5, 5.41) is 3.01. The van der Waals surface area contributed by atoms with Gasteiger partial charge >= 0.3 is 6.03 Å². The molecule has 2 amide bonds. The van der Waals surface area contributed by atoms with E-state index in [2.05, 4.69) is 34.3 Å². The Balaban J connectivity index is 1.45. The molecule has 0 bridgehead atoms. The molecular weight excluding hydrogens is 342 g/mol. The Hall–Kier alpha value is -3.41. The van der Waals surface area contributed by atoms with Gasteiger partial charge in [0.15, 0.2) is 11.5 Å². The molecule has 6 nitrogen and oxygen atoms in total. The van der Waals surface area contributed by atoms with Crippen LogP contribution >= 0.6 is 0 Å². The number of ether oxygens (including phenoxy) is 2. The molecule has 0 radical (unpaired) electrons. The average molecular weight is 361 g/mol. The summed E-state index contributed by atoms with van der Waals surface area (Å²) in [6.07, 6.45) is 2.07. The molecule has 2 aliphatic heterocycles. The van der Waals surface area contributed by atoms with Crippen LogP contribution in [0.3, 0.4) is 0 Å². The highest BCUT2D eigenvalue weighted by Crippen LogP contribution is 2.36. The first kappa shape index (κ1) is 15.8. The van der Waals surface area contributed by atoms with Gasteiger partial charge in [-0.1, -0.05) is 30.3 Å². The van der Waals surface area contributed by atoms with Crippen molar-refractivity contribution in [3.63, 3.8) is 0 Å². The van der Waals surface area contributed by atoms with Crippen molar-refractivity contribution in [3.8, 4) is 11.5 Å². The fourth-order valence-electron chi connectivity index (χ4n) is 3.76. The van der Waals surface area contributed by atoms with Crippen LogP contribution in [0.25, 0.3) is 0 Å². The van der Waals surface area contributed by atoms with Gasteiger partial charge in [-0.3, -0.25) is 0 Å². The van der Waals surface area contributed by atoms with Gasteiger partial charge < -0.3 is 24.3 Å². The predicted molar refractivity (Wildman–Crippen MR) is 101 cm³/mol. The highest BCUT2D eigenvalue weighted by Gasteiger charge is 2.32. The number of rotatable bonds is 2. The van der Waals surface area contributed by atoms with Gasteiger partial charge in [-0.15, -0.1) is 0 Å². The lowest BCUT2D eigenvalue weighted by Crippen LogP contribution is -2.44. The second-order valence-corrected chi connectivity index (χ2v) is 6.63. The first-order valence-electron chi connectivity index (χ1n) is 8.97. The number of benzene rings is 2. The fraction of sp³-hybridized carbons (Fsp3) is 0.190. The van der Waals surface area contributed by atoms with Gasteiger partial charge in [0, 0.05) is 36.7 Å². The van der Waals surface area contributed by atoms with Crippen LogP contribution in [0, 0.1) is 0 Å². The Morgan fingerprint density at radius 1 is 0.963 bits per heavy atom. The highest BCUT2D eigenvalue weighted by molar-refractivity contribution is 5.90. The molecule has 2 aromatic carbocycles. The van der Waals surface area contributed by atoms with Crippen LogP contribution in [0.2, 0.25) is 0 Å². The minimum atomic E-state index is -0.129. The molecular formula is C21H19N3O3. The van der Waals surface area contributed by atoms with Crippen LogP contribution in [-0.4, -0.2) is 28.8 Å². The molecule has 5 rings (SSSR count). The summed E-state index contributed by atoms with van der Waals surface area (Å²) in [6, 6.07) is 19.4. The van der Waals surface area contributed by atoms with Gasteiger partial charge in [0.1, 0.15) is 0 Å². The van der Waals surface area contributed by atoms with E-state index in [1.54, 1.807) is 6.07 Å². The normalized spacial score (nSPS) is 17.5. The maximum atomic E-state index is 13.1. The number of nitrogens with one attached hydrogen (secondary N) is 1. The van der Waals surface area contributed by atoms with Gasteiger partial charge in [0.2, 0.25) is 6.79 Å². The number of anilines is 1. The number of urea groups is 1. The molecule has 0 saturated heterocycles. The van der Waals surface area contributed by atoms with Crippen molar-refractivity contribution in [3.05, 3.63) is 78.1 Å². The molecule has 1 aromatic heterocycles. The van der Waals surface area contributed by atoms with Gasteiger partial charge in [0.25, 0.3) is 0 Å². The van der Waals surface area contributed by atoms with Crippen LogP contribution in [0.1, 0.15) is 17.3 Å². The summed E-state index contributed by atoms with van der Waals surface area (Å²) < 4.78 is 12.9. The van der Waals surface area contributed by atoms with E-state index in [9.17, 15) is 4.79 Å². The summed E-state index contributed by atoms with van der Waals surface area (Å²) in [5.41, 5.74) is 2.91. The summed E-state index contributed by atoms with van der Waals surface area (Å²) in [7, 11) is 0. The van der Waals surface area contributed by atoms with Crippen LogP contribution in [0.4, 0.5) is 10.5 Å². The molecule has 1 atom stereocenters. The van der Waals surface area contributed by atoms with Gasteiger partial charge in [-0.05, 0) is 29.8 Å². The topological polar surface area (TPSA) is 55.7 Å². The molecule has 0 unspecified atom stereocenters. The number of fused-ring (bicyclic) bond motifs is 2. The molecule has 27 heavy (non-hydrogen) atoms. The summed E-state index contributed by atoms with van der Waals surface area (Å²) in [4.78, 5) is 15.0. The third kappa shape index (κ3) is 2.79. The summed E-state index contributed by atoms with van der Waals surface area (Å²) >= 11 is 0. The van der Waals surface area contributed by atoms with E-state index in [4.69, 9.17) is 9.47 Å². The largest absolute Gasteiger partial charge is 0.454 e. The zero-order valence-electron chi connectivity index (χ0n) is 14.7. The zero-order valence-corrected chi connectivity index (χ0v) is 14.7. The number of hydrogen-bond donors (Lipinski definition) is 1. The zero-order chi connectivity index (χ0) is 18.2. The Kier molecular flexibility index (Phi) is 3.74. The van der Waals surface area contributed by atoms with Crippen LogP contribution in [0.5, 0.6) is 11.5 Å². The van der Waals surface area contributed by atoms with Gasteiger partial charge in [0.05, 0.1) is 6.04 Å². The third-order valence-electron chi connectivity index (χ3n) is 5.04. The maximum absolute atomic E-state index is 13.1. The molecule has 3 heterocycles. The minimum absolute atomic E-state index is 0.121. The lowest BCUT2D eigenvalue weighted by Gasteiger charge is -2.37. The number of carbonyl (C=O) groups is 1. The number of amides is 2.